The number of rotatable bonds is 2. The second-order valence-electron chi connectivity index (χ2n) is 7.61. The van der Waals surface area contributed by atoms with Gasteiger partial charge in [-0.1, -0.05) is 45.4 Å². The normalized spacial score (nSPS) is 35.9. The molecule has 3 aliphatic rings. The molecule has 1 N–H and O–H groups in total. The first kappa shape index (κ1) is 14.8. The third kappa shape index (κ3) is 3.22. The first-order valence-electron chi connectivity index (χ1n) is 9.32. The second-order valence-corrected chi connectivity index (χ2v) is 7.61. The highest BCUT2D eigenvalue weighted by Crippen LogP contribution is 2.35. The molecule has 2 heteroatoms. The summed E-state index contributed by atoms with van der Waals surface area (Å²) in [4.78, 5) is 2.92. The summed E-state index contributed by atoms with van der Waals surface area (Å²) in [6, 6.07) is 0.896. The molecule has 0 aromatic heterocycles. The summed E-state index contributed by atoms with van der Waals surface area (Å²) >= 11 is 0. The first-order valence-corrected chi connectivity index (χ1v) is 9.32. The van der Waals surface area contributed by atoms with Crippen molar-refractivity contribution in [1.29, 1.82) is 0 Å². The van der Waals surface area contributed by atoms with E-state index in [1.165, 1.54) is 90.3 Å². The van der Waals surface area contributed by atoms with Gasteiger partial charge in [-0.2, -0.15) is 0 Å². The van der Waals surface area contributed by atoms with Gasteiger partial charge in [-0.3, -0.25) is 4.90 Å². The topological polar surface area (TPSA) is 15.3 Å². The third-order valence-corrected chi connectivity index (χ3v) is 6.30. The van der Waals surface area contributed by atoms with Gasteiger partial charge in [0.05, 0.1) is 0 Å². The summed E-state index contributed by atoms with van der Waals surface area (Å²) in [6.07, 6.45) is 15.9. The van der Waals surface area contributed by atoms with Gasteiger partial charge < -0.3 is 5.32 Å². The molecular weight excluding hydrogens is 244 g/mol. The molecule has 2 saturated carbocycles. The molecule has 0 radical (unpaired) electrons. The zero-order valence-electron chi connectivity index (χ0n) is 13.5. The van der Waals surface area contributed by atoms with E-state index in [1.807, 2.05) is 0 Å². The summed E-state index contributed by atoms with van der Waals surface area (Å²) in [5.74, 6) is 0.975. The predicted molar refractivity (Wildman–Crippen MR) is 86.0 cm³/mol. The number of hydrogen-bond donors (Lipinski definition) is 1. The summed E-state index contributed by atoms with van der Waals surface area (Å²) < 4.78 is 0. The fourth-order valence-corrected chi connectivity index (χ4v) is 5.15. The Bertz CT molecular complexity index is 296. The maximum atomic E-state index is 3.96. The highest BCUT2D eigenvalue weighted by molar-refractivity contribution is 4.97. The smallest absolute Gasteiger partial charge is 0.0308 e. The Labute approximate surface area is 125 Å². The Balaban J connectivity index is 1.70. The summed E-state index contributed by atoms with van der Waals surface area (Å²) in [7, 11) is 0. The van der Waals surface area contributed by atoms with Crippen LogP contribution >= 0.6 is 0 Å². The van der Waals surface area contributed by atoms with Crippen LogP contribution in [-0.4, -0.2) is 36.1 Å². The van der Waals surface area contributed by atoms with Crippen molar-refractivity contribution in [3.63, 3.8) is 0 Å². The van der Waals surface area contributed by atoms with Gasteiger partial charge in [-0.05, 0) is 51.1 Å². The van der Waals surface area contributed by atoms with E-state index in [1.54, 1.807) is 0 Å². The molecule has 2 unspecified atom stereocenters. The minimum atomic E-state index is 0.477. The van der Waals surface area contributed by atoms with Crippen molar-refractivity contribution < 1.29 is 0 Å². The Morgan fingerprint density at radius 2 is 1.80 bits per heavy atom. The van der Waals surface area contributed by atoms with Crippen LogP contribution in [0, 0.1) is 5.92 Å². The van der Waals surface area contributed by atoms with Gasteiger partial charge in [0.2, 0.25) is 0 Å². The van der Waals surface area contributed by atoms with Crippen LogP contribution in [-0.2, 0) is 0 Å². The molecule has 116 valence electrons. The molecule has 1 aliphatic heterocycles. The van der Waals surface area contributed by atoms with E-state index in [4.69, 9.17) is 0 Å². The first-order chi connectivity index (χ1) is 9.83. The standard InChI is InChI=1S/C18H34N2/c1-2-16-9-4-5-10-17(16)20-14-8-13-19-18(15-20)11-6-3-7-12-18/h16-17,19H,2-15H2,1H3. The van der Waals surface area contributed by atoms with E-state index < -0.39 is 0 Å². The van der Waals surface area contributed by atoms with Crippen molar-refractivity contribution in [3.05, 3.63) is 0 Å². The van der Waals surface area contributed by atoms with E-state index in [-0.39, 0.29) is 0 Å². The molecule has 20 heavy (non-hydrogen) atoms. The van der Waals surface area contributed by atoms with E-state index in [0.29, 0.717) is 5.54 Å². The van der Waals surface area contributed by atoms with Gasteiger partial charge in [0.15, 0.2) is 0 Å². The Hall–Kier alpha value is -0.0800. The quantitative estimate of drug-likeness (QED) is 0.822. The van der Waals surface area contributed by atoms with Gasteiger partial charge in [0.25, 0.3) is 0 Å². The molecule has 0 amide bonds. The highest BCUT2D eigenvalue weighted by Gasteiger charge is 2.38. The molecule has 2 atom stereocenters. The maximum absolute atomic E-state index is 3.96. The molecule has 1 spiro atoms. The number of nitrogens with one attached hydrogen (secondary N) is 1. The van der Waals surface area contributed by atoms with Crippen LogP contribution in [0.3, 0.4) is 0 Å². The van der Waals surface area contributed by atoms with E-state index in [0.717, 1.165) is 12.0 Å². The summed E-state index contributed by atoms with van der Waals surface area (Å²) in [5.41, 5.74) is 0.477. The Morgan fingerprint density at radius 3 is 2.60 bits per heavy atom. The van der Waals surface area contributed by atoms with Crippen LogP contribution in [0.5, 0.6) is 0 Å². The minimum Gasteiger partial charge on any atom is -0.310 e. The molecule has 3 rings (SSSR count). The highest BCUT2D eigenvalue weighted by atomic mass is 15.2. The van der Waals surface area contributed by atoms with Gasteiger partial charge >= 0.3 is 0 Å². The van der Waals surface area contributed by atoms with Crippen LogP contribution in [0.15, 0.2) is 0 Å². The van der Waals surface area contributed by atoms with E-state index in [9.17, 15) is 0 Å². The fraction of sp³-hybridized carbons (Fsp3) is 1.00. The summed E-state index contributed by atoms with van der Waals surface area (Å²) in [5, 5.41) is 3.96. The van der Waals surface area contributed by atoms with E-state index >= 15 is 0 Å². The lowest BCUT2D eigenvalue weighted by Gasteiger charge is -2.45. The lowest BCUT2D eigenvalue weighted by Crippen LogP contribution is -2.55. The van der Waals surface area contributed by atoms with Crippen molar-refractivity contribution >= 4 is 0 Å². The SMILES string of the molecule is CCC1CCCCC1N1CCCNC2(CCCCC2)C1. The monoisotopic (exact) mass is 278 g/mol. The molecule has 0 aromatic rings. The minimum absolute atomic E-state index is 0.477. The van der Waals surface area contributed by atoms with Gasteiger partial charge in [0, 0.05) is 18.1 Å². The zero-order valence-corrected chi connectivity index (χ0v) is 13.5. The van der Waals surface area contributed by atoms with Crippen molar-refractivity contribution in [1.82, 2.24) is 10.2 Å². The zero-order chi connectivity index (χ0) is 13.8. The van der Waals surface area contributed by atoms with Crippen LogP contribution in [0.2, 0.25) is 0 Å². The van der Waals surface area contributed by atoms with Gasteiger partial charge in [-0.25, -0.2) is 0 Å². The maximum Gasteiger partial charge on any atom is 0.0308 e. The number of hydrogen-bond acceptors (Lipinski definition) is 2. The van der Waals surface area contributed by atoms with Gasteiger partial charge in [-0.15, -0.1) is 0 Å². The molecule has 2 aliphatic carbocycles. The Morgan fingerprint density at radius 1 is 1.00 bits per heavy atom. The molecule has 1 heterocycles. The molecule has 0 bridgehead atoms. The van der Waals surface area contributed by atoms with E-state index in [2.05, 4.69) is 17.1 Å². The van der Waals surface area contributed by atoms with Crippen LogP contribution in [0.1, 0.15) is 77.6 Å². The second kappa shape index (κ2) is 6.79. The average Bonchev–Trinajstić information content (AvgIpc) is 2.71. The predicted octanol–water partition coefficient (Wildman–Crippen LogP) is 3.95. The molecule has 0 aromatic carbocycles. The van der Waals surface area contributed by atoms with Crippen molar-refractivity contribution in [3.8, 4) is 0 Å². The van der Waals surface area contributed by atoms with Crippen LogP contribution in [0.4, 0.5) is 0 Å². The third-order valence-electron chi connectivity index (χ3n) is 6.30. The molecular formula is C18H34N2. The van der Waals surface area contributed by atoms with Crippen molar-refractivity contribution in [2.75, 3.05) is 19.6 Å². The summed E-state index contributed by atoms with van der Waals surface area (Å²) in [6.45, 7) is 6.35. The van der Waals surface area contributed by atoms with Crippen molar-refractivity contribution in [2.24, 2.45) is 5.92 Å². The number of nitrogens with zero attached hydrogens (tertiary/aromatic N) is 1. The van der Waals surface area contributed by atoms with Gasteiger partial charge in [0.1, 0.15) is 0 Å². The molecule has 2 nitrogen and oxygen atoms in total. The Kier molecular flexibility index (Phi) is 5.04. The fourth-order valence-electron chi connectivity index (χ4n) is 5.15. The average molecular weight is 278 g/mol. The van der Waals surface area contributed by atoms with Crippen molar-refractivity contribution in [2.45, 2.75) is 89.1 Å². The largest absolute Gasteiger partial charge is 0.310 e. The van der Waals surface area contributed by atoms with Crippen LogP contribution in [0.25, 0.3) is 0 Å². The molecule has 3 fully saturated rings. The lowest BCUT2D eigenvalue weighted by molar-refractivity contribution is 0.0701. The van der Waals surface area contributed by atoms with Crippen LogP contribution < -0.4 is 5.32 Å². The lowest BCUT2D eigenvalue weighted by atomic mass is 9.78. The molecule has 1 saturated heterocycles.